The number of rotatable bonds is 5. The van der Waals surface area contributed by atoms with Gasteiger partial charge in [-0.2, -0.15) is 0 Å². The molecular formula is C14H21N3O3. The van der Waals surface area contributed by atoms with E-state index in [0.717, 1.165) is 5.76 Å². The fourth-order valence-electron chi connectivity index (χ4n) is 2.25. The number of nitrogens with zero attached hydrogens (tertiary/aromatic N) is 2. The van der Waals surface area contributed by atoms with Gasteiger partial charge in [0.25, 0.3) is 0 Å². The molecule has 0 atom stereocenters. The third kappa shape index (κ3) is 4.09. The Hall–Kier alpha value is -1.82. The Morgan fingerprint density at radius 1 is 1.25 bits per heavy atom. The highest BCUT2D eigenvalue weighted by atomic mass is 16.3. The van der Waals surface area contributed by atoms with Gasteiger partial charge in [0.1, 0.15) is 5.76 Å². The molecule has 1 saturated heterocycles. The van der Waals surface area contributed by atoms with Crippen LogP contribution in [0.3, 0.4) is 0 Å². The highest BCUT2D eigenvalue weighted by molar-refractivity contribution is 5.77. The first-order valence-corrected chi connectivity index (χ1v) is 6.93. The highest BCUT2D eigenvalue weighted by Crippen LogP contribution is 2.04. The second-order valence-corrected chi connectivity index (χ2v) is 4.89. The number of amides is 2. The van der Waals surface area contributed by atoms with Crippen LogP contribution in [0.4, 0.5) is 0 Å². The quantitative estimate of drug-likeness (QED) is 0.795. The topological polar surface area (TPSA) is 65.8 Å². The largest absolute Gasteiger partial charge is 0.468 e. The Labute approximate surface area is 118 Å². The first-order chi connectivity index (χ1) is 9.66. The standard InChI is InChI=1S/C14H21N3O3/c1-12(18)16-6-8-17(9-7-16)14(19)4-5-15-11-13-3-2-10-20-13/h2-3,10,15H,4-9,11H2,1H3. The molecule has 0 saturated carbocycles. The summed E-state index contributed by atoms with van der Waals surface area (Å²) in [6.45, 7) is 5.38. The van der Waals surface area contributed by atoms with Crippen molar-refractivity contribution < 1.29 is 14.0 Å². The van der Waals surface area contributed by atoms with E-state index in [4.69, 9.17) is 4.42 Å². The van der Waals surface area contributed by atoms with E-state index in [-0.39, 0.29) is 11.8 Å². The van der Waals surface area contributed by atoms with E-state index in [0.29, 0.717) is 45.7 Å². The van der Waals surface area contributed by atoms with Crippen molar-refractivity contribution >= 4 is 11.8 Å². The van der Waals surface area contributed by atoms with Gasteiger partial charge in [-0.1, -0.05) is 0 Å². The molecule has 0 aliphatic carbocycles. The van der Waals surface area contributed by atoms with Gasteiger partial charge < -0.3 is 19.5 Å². The number of nitrogens with one attached hydrogen (secondary N) is 1. The molecule has 1 fully saturated rings. The summed E-state index contributed by atoms with van der Waals surface area (Å²) in [7, 11) is 0. The number of carbonyl (C=O) groups is 2. The van der Waals surface area contributed by atoms with Crippen molar-refractivity contribution in [3.05, 3.63) is 24.2 Å². The van der Waals surface area contributed by atoms with Gasteiger partial charge in [0.2, 0.25) is 11.8 Å². The van der Waals surface area contributed by atoms with Crippen molar-refractivity contribution in [1.29, 1.82) is 0 Å². The summed E-state index contributed by atoms with van der Waals surface area (Å²) < 4.78 is 5.20. The molecule has 2 heterocycles. The van der Waals surface area contributed by atoms with E-state index in [9.17, 15) is 9.59 Å². The molecule has 0 spiro atoms. The summed E-state index contributed by atoms with van der Waals surface area (Å²) in [6.07, 6.45) is 2.11. The third-order valence-corrected chi connectivity index (χ3v) is 3.47. The van der Waals surface area contributed by atoms with Crippen LogP contribution in [0.1, 0.15) is 19.1 Å². The lowest BCUT2D eigenvalue weighted by molar-refractivity contribution is -0.138. The maximum atomic E-state index is 12.0. The highest BCUT2D eigenvalue weighted by Gasteiger charge is 2.21. The molecule has 0 bridgehead atoms. The summed E-state index contributed by atoms with van der Waals surface area (Å²) in [5.74, 6) is 1.09. The minimum Gasteiger partial charge on any atom is -0.468 e. The second-order valence-electron chi connectivity index (χ2n) is 4.89. The molecule has 0 unspecified atom stereocenters. The van der Waals surface area contributed by atoms with Gasteiger partial charge in [-0.05, 0) is 12.1 Å². The summed E-state index contributed by atoms with van der Waals surface area (Å²) in [6, 6.07) is 3.74. The van der Waals surface area contributed by atoms with Gasteiger partial charge in [0, 0.05) is 46.1 Å². The average molecular weight is 279 g/mol. The second kappa shape index (κ2) is 7.09. The Kier molecular flexibility index (Phi) is 5.17. The predicted octanol–water partition coefficient (Wildman–Crippen LogP) is 0.450. The van der Waals surface area contributed by atoms with Crippen LogP contribution in [0.15, 0.2) is 22.8 Å². The summed E-state index contributed by atoms with van der Waals surface area (Å²) in [5.41, 5.74) is 0. The number of carbonyl (C=O) groups excluding carboxylic acids is 2. The molecule has 6 nitrogen and oxygen atoms in total. The molecule has 2 amide bonds. The molecule has 20 heavy (non-hydrogen) atoms. The number of hydrogen-bond acceptors (Lipinski definition) is 4. The molecule has 0 aromatic carbocycles. The lowest BCUT2D eigenvalue weighted by atomic mass is 10.2. The fraction of sp³-hybridized carbons (Fsp3) is 0.571. The van der Waals surface area contributed by atoms with Gasteiger partial charge in [-0.25, -0.2) is 0 Å². The summed E-state index contributed by atoms with van der Waals surface area (Å²) in [4.78, 5) is 26.8. The first-order valence-electron chi connectivity index (χ1n) is 6.93. The maximum absolute atomic E-state index is 12.0. The Balaban J connectivity index is 1.62. The van der Waals surface area contributed by atoms with E-state index in [1.165, 1.54) is 0 Å². The first kappa shape index (κ1) is 14.6. The van der Waals surface area contributed by atoms with Crippen LogP contribution in [-0.4, -0.2) is 54.3 Å². The fourth-order valence-corrected chi connectivity index (χ4v) is 2.25. The smallest absolute Gasteiger partial charge is 0.223 e. The lowest BCUT2D eigenvalue weighted by Crippen LogP contribution is -2.50. The van der Waals surface area contributed by atoms with Gasteiger partial charge >= 0.3 is 0 Å². The minimum atomic E-state index is 0.0808. The van der Waals surface area contributed by atoms with E-state index in [1.807, 2.05) is 17.0 Å². The van der Waals surface area contributed by atoms with Crippen LogP contribution in [0.5, 0.6) is 0 Å². The van der Waals surface area contributed by atoms with Crippen LogP contribution >= 0.6 is 0 Å². The molecule has 110 valence electrons. The van der Waals surface area contributed by atoms with Gasteiger partial charge in [-0.3, -0.25) is 9.59 Å². The lowest BCUT2D eigenvalue weighted by Gasteiger charge is -2.34. The van der Waals surface area contributed by atoms with Gasteiger partial charge in [0.05, 0.1) is 12.8 Å². The Bertz CT molecular complexity index is 437. The van der Waals surface area contributed by atoms with Crippen LogP contribution < -0.4 is 5.32 Å². The maximum Gasteiger partial charge on any atom is 0.223 e. The van der Waals surface area contributed by atoms with Crippen molar-refractivity contribution in [1.82, 2.24) is 15.1 Å². The zero-order valence-corrected chi connectivity index (χ0v) is 11.8. The molecule has 6 heteroatoms. The predicted molar refractivity (Wildman–Crippen MR) is 73.9 cm³/mol. The Morgan fingerprint density at radius 2 is 1.95 bits per heavy atom. The molecule has 2 rings (SSSR count). The molecule has 0 radical (unpaired) electrons. The normalized spacial score (nSPS) is 15.4. The zero-order valence-electron chi connectivity index (χ0n) is 11.8. The number of hydrogen-bond donors (Lipinski definition) is 1. The third-order valence-electron chi connectivity index (χ3n) is 3.47. The van der Waals surface area contributed by atoms with Crippen molar-refractivity contribution in [3.8, 4) is 0 Å². The van der Waals surface area contributed by atoms with Crippen LogP contribution in [-0.2, 0) is 16.1 Å². The summed E-state index contributed by atoms with van der Waals surface area (Å²) in [5, 5.41) is 3.18. The van der Waals surface area contributed by atoms with Crippen LogP contribution in [0.2, 0.25) is 0 Å². The van der Waals surface area contributed by atoms with Crippen molar-refractivity contribution in [2.75, 3.05) is 32.7 Å². The summed E-state index contributed by atoms with van der Waals surface area (Å²) >= 11 is 0. The molecular weight excluding hydrogens is 258 g/mol. The van der Waals surface area contributed by atoms with E-state index < -0.39 is 0 Å². The number of furan rings is 1. The molecule has 1 aromatic heterocycles. The van der Waals surface area contributed by atoms with E-state index in [2.05, 4.69) is 5.32 Å². The minimum absolute atomic E-state index is 0.0808. The Morgan fingerprint density at radius 3 is 2.55 bits per heavy atom. The SMILES string of the molecule is CC(=O)N1CCN(C(=O)CCNCc2ccco2)CC1. The van der Waals surface area contributed by atoms with E-state index in [1.54, 1.807) is 18.1 Å². The molecule has 1 aliphatic heterocycles. The molecule has 1 aromatic rings. The van der Waals surface area contributed by atoms with E-state index >= 15 is 0 Å². The average Bonchev–Trinajstić information content (AvgIpc) is 2.96. The van der Waals surface area contributed by atoms with Crippen molar-refractivity contribution in [3.63, 3.8) is 0 Å². The van der Waals surface area contributed by atoms with Gasteiger partial charge in [0.15, 0.2) is 0 Å². The molecule has 1 N–H and O–H groups in total. The van der Waals surface area contributed by atoms with Crippen molar-refractivity contribution in [2.45, 2.75) is 19.9 Å². The molecule has 1 aliphatic rings. The van der Waals surface area contributed by atoms with Crippen LogP contribution in [0, 0.1) is 0 Å². The monoisotopic (exact) mass is 279 g/mol. The van der Waals surface area contributed by atoms with Crippen molar-refractivity contribution in [2.24, 2.45) is 0 Å². The number of piperazine rings is 1. The zero-order chi connectivity index (χ0) is 14.4. The van der Waals surface area contributed by atoms with Crippen LogP contribution in [0.25, 0.3) is 0 Å². The van der Waals surface area contributed by atoms with Gasteiger partial charge in [-0.15, -0.1) is 0 Å².